The third-order valence-electron chi connectivity index (χ3n) is 7.51. The van der Waals surface area contributed by atoms with E-state index in [2.05, 4.69) is 38.0 Å². The zero-order valence-corrected chi connectivity index (χ0v) is 23.0. The molecule has 9 heteroatoms. The summed E-state index contributed by atoms with van der Waals surface area (Å²) in [7, 11) is 2.04. The Morgan fingerprint density at radius 3 is 2.51 bits per heavy atom. The van der Waals surface area contributed by atoms with Crippen LogP contribution in [-0.4, -0.2) is 65.9 Å². The smallest absolute Gasteiger partial charge is 0.246 e. The number of nitrogens with one attached hydrogen (secondary N) is 4. The van der Waals surface area contributed by atoms with Crippen molar-refractivity contribution in [2.45, 2.75) is 51.2 Å². The van der Waals surface area contributed by atoms with Crippen LogP contribution in [0, 0.1) is 5.92 Å². The molecule has 2 atom stereocenters. The highest BCUT2D eigenvalue weighted by atomic mass is 16.2. The molecule has 1 aromatic heterocycles. The first-order chi connectivity index (χ1) is 18.7. The Balaban J connectivity index is 1.43. The summed E-state index contributed by atoms with van der Waals surface area (Å²) in [6.45, 7) is 5.96. The molecule has 9 nitrogen and oxygen atoms in total. The van der Waals surface area contributed by atoms with Gasteiger partial charge in [-0.2, -0.15) is 0 Å². The van der Waals surface area contributed by atoms with Crippen LogP contribution in [0.3, 0.4) is 0 Å². The second kappa shape index (κ2) is 12.4. The number of hydrogen-bond donors (Lipinski definition) is 5. The summed E-state index contributed by atoms with van der Waals surface area (Å²) in [6, 6.07) is 17.4. The molecule has 0 aliphatic heterocycles. The van der Waals surface area contributed by atoms with Crippen molar-refractivity contribution in [2.24, 2.45) is 11.7 Å². The van der Waals surface area contributed by atoms with Gasteiger partial charge in [0.15, 0.2) is 0 Å². The molecule has 3 aromatic rings. The lowest BCUT2D eigenvalue weighted by Gasteiger charge is -2.38. The van der Waals surface area contributed by atoms with Crippen molar-refractivity contribution >= 4 is 28.6 Å². The minimum Gasteiger partial charge on any atom is -0.368 e. The van der Waals surface area contributed by atoms with Crippen LogP contribution in [0.4, 0.5) is 0 Å². The Hall–Kier alpha value is -3.69. The maximum atomic E-state index is 13.8. The Morgan fingerprint density at radius 2 is 1.79 bits per heavy atom. The van der Waals surface area contributed by atoms with Gasteiger partial charge < -0.3 is 31.6 Å². The summed E-state index contributed by atoms with van der Waals surface area (Å²) in [5.74, 6) is -1.42. The first-order valence-corrected chi connectivity index (χ1v) is 13.6. The molecule has 0 radical (unpaired) electrons. The van der Waals surface area contributed by atoms with Crippen molar-refractivity contribution in [1.29, 1.82) is 0 Å². The van der Waals surface area contributed by atoms with E-state index >= 15 is 0 Å². The topological polar surface area (TPSA) is 132 Å². The van der Waals surface area contributed by atoms with Crippen LogP contribution < -0.4 is 21.7 Å². The Labute approximate surface area is 229 Å². The number of carbonyl (C=O) groups is 3. The average molecular weight is 533 g/mol. The summed E-state index contributed by atoms with van der Waals surface area (Å²) in [6.07, 6.45) is 1.33. The number of carbonyl (C=O) groups excluding carboxylic acids is 3. The van der Waals surface area contributed by atoms with Gasteiger partial charge in [0, 0.05) is 42.7 Å². The molecule has 0 spiro atoms. The number of aromatic nitrogens is 1. The van der Waals surface area contributed by atoms with Gasteiger partial charge in [0.25, 0.3) is 0 Å². The zero-order chi connectivity index (χ0) is 28.0. The van der Waals surface area contributed by atoms with Gasteiger partial charge in [-0.05, 0) is 43.0 Å². The van der Waals surface area contributed by atoms with Gasteiger partial charge in [-0.1, -0.05) is 62.4 Å². The number of primary amides is 1. The molecule has 1 aliphatic carbocycles. The summed E-state index contributed by atoms with van der Waals surface area (Å²) in [5, 5.41) is 10.1. The largest absolute Gasteiger partial charge is 0.368 e. The number of benzene rings is 2. The number of nitrogens with zero attached hydrogens (tertiary/aromatic N) is 1. The quantitative estimate of drug-likeness (QED) is 0.227. The number of likely N-dealkylation sites (N-methyl/N-ethyl adjacent to an activating group) is 1. The van der Waals surface area contributed by atoms with E-state index in [0.29, 0.717) is 25.8 Å². The van der Waals surface area contributed by atoms with Crippen molar-refractivity contribution in [2.75, 3.05) is 26.7 Å². The minimum absolute atomic E-state index is 0.0817. The van der Waals surface area contributed by atoms with E-state index in [1.54, 1.807) is 0 Å². The molecule has 0 fully saturated rings. The van der Waals surface area contributed by atoms with E-state index in [-0.39, 0.29) is 24.3 Å². The van der Waals surface area contributed by atoms with Gasteiger partial charge in [-0.15, -0.1) is 0 Å². The normalized spacial score (nSPS) is 17.7. The number of H-pyrrole nitrogens is 1. The van der Waals surface area contributed by atoms with Crippen LogP contribution in [-0.2, 0) is 33.8 Å². The molecule has 2 aromatic carbocycles. The molecule has 4 rings (SSSR count). The van der Waals surface area contributed by atoms with Gasteiger partial charge in [0.05, 0.1) is 6.54 Å². The van der Waals surface area contributed by atoms with Gasteiger partial charge in [-0.3, -0.25) is 14.4 Å². The highest BCUT2D eigenvalue weighted by molar-refractivity contribution is 5.96. The lowest BCUT2D eigenvalue weighted by atomic mass is 9.78. The molecule has 0 saturated heterocycles. The standard InChI is InChI=1S/C30H40N6O3/c1-20(2)27(28(31)38)34-29(39)30(14-13-25-23(17-30)22-11-7-8-12-24(22)33-25)35-26(37)18-32-15-16-36(3)19-21-9-5-4-6-10-21/h4-12,20,27,32-33H,13-19H2,1-3H3,(H2,31,38)(H,34,39)(H,35,37)/t27-,30-/m0/s1. The lowest BCUT2D eigenvalue weighted by molar-refractivity contribution is -0.136. The first-order valence-electron chi connectivity index (χ1n) is 13.6. The van der Waals surface area contributed by atoms with Crippen LogP contribution in [0.2, 0.25) is 0 Å². The number of aryl methyl sites for hydroxylation is 1. The lowest BCUT2D eigenvalue weighted by Crippen LogP contribution is -2.65. The summed E-state index contributed by atoms with van der Waals surface area (Å²) < 4.78 is 0. The Kier molecular flexibility index (Phi) is 9.04. The first kappa shape index (κ1) is 28.3. The predicted octanol–water partition coefficient (Wildman–Crippen LogP) is 1.86. The summed E-state index contributed by atoms with van der Waals surface area (Å²) in [5.41, 5.74) is 8.72. The zero-order valence-electron chi connectivity index (χ0n) is 23.0. The minimum atomic E-state index is -1.19. The number of amides is 3. The highest BCUT2D eigenvalue weighted by Gasteiger charge is 2.45. The van der Waals surface area contributed by atoms with E-state index < -0.39 is 17.5 Å². The summed E-state index contributed by atoms with van der Waals surface area (Å²) in [4.78, 5) is 44.6. The molecule has 1 heterocycles. The van der Waals surface area contributed by atoms with E-state index in [1.807, 2.05) is 63.4 Å². The van der Waals surface area contributed by atoms with Crippen molar-refractivity contribution in [3.63, 3.8) is 0 Å². The highest BCUT2D eigenvalue weighted by Crippen LogP contribution is 2.34. The molecule has 0 unspecified atom stereocenters. The fraction of sp³-hybridized carbons (Fsp3) is 0.433. The summed E-state index contributed by atoms with van der Waals surface area (Å²) >= 11 is 0. The molecule has 3 amide bonds. The van der Waals surface area contributed by atoms with Crippen LogP contribution in [0.25, 0.3) is 10.9 Å². The van der Waals surface area contributed by atoms with Crippen molar-refractivity contribution in [1.82, 2.24) is 25.8 Å². The predicted molar refractivity (Wildman–Crippen MR) is 153 cm³/mol. The maximum Gasteiger partial charge on any atom is 0.246 e. The molecule has 6 N–H and O–H groups in total. The van der Waals surface area contributed by atoms with Gasteiger partial charge in [0.1, 0.15) is 11.6 Å². The third kappa shape index (κ3) is 6.85. The van der Waals surface area contributed by atoms with Crippen LogP contribution in [0.1, 0.15) is 37.1 Å². The molecule has 208 valence electrons. The number of rotatable bonds is 12. The van der Waals surface area contributed by atoms with E-state index in [1.165, 1.54) is 5.56 Å². The van der Waals surface area contributed by atoms with E-state index in [4.69, 9.17) is 5.73 Å². The van der Waals surface area contributed by atoms with Crippen molar-refractivity contribution < 1.29 is 14.4 Å². The Bertz CT molecular complexity index is 1300. The van der Waals surface area contributed by atoms with E-state index in [0.717, 1.165) is 35.2 Å². The number of nitrogens with two attached hydrogens (primary N) is 1. The molecule has 1 aliphatic rings. The van der Waals surface area contributed by atoms with Gasteiger partial charge in [0.2, 0.25) is 17.7 Å². The second-order valence-corrected chi connectivity index (χ2v) is 10.9. The monoisotopic (exact) mass is 532 g/mol. The van der Waals surface area contributed by atoms with Crippen LogP contribution in [0.5, 0.6) is 0 Å². The number of para-hydroxylation sites is 1. The number of fused-ring (bicyclic) bond motifs is 3. The SMILES string of the molecule is CC(C)[C@H](NC(=O)[C@]1(NC(=O)CNCCN(C)Cc2ccccc2)CCc2[nH]c3ccccc3c2C1)C(N)=O. The number of hydrogen-bond acceptors (Lipinski definition) is 5. The van der Waals surface area contributed by atoms with E-state index in [9.17, 15) is 14.4 Å². The molecule has 39 heavy (non-hydrogen) atoms. The third-order valence-corrected chi connectivity index (χ3v) is 7.51. The molecular weight excluding hydrogens is 492 g/mol. The van der Waals surface area contributed by atoms with Crippen LogP contribution >= 0.6 is 0 Å². The fourth-order valence-electron chi connectivity index (χ4n) is 5.36. The van der Waals surface area contributed by atoms with Crippen molar-refractivity contribution in [3.8, 4) is 0 Å². The molecule has 0 bridgehead atoms. The fourth-order valence-corrected chi connectivity index (χ4v) is 5.36. The van der Waals surface area contributed by atoms with Crippen LogP contribution in [0.15, 0.2) is 54.6 Å². The van der Waals surface area contributed by atoms with Gasteiger partial charge >= 0.3 is 0 Å². The molecule has 0 saturated carbocycles. The number of aromatic amines is 1. The van der Waals surface area contributed by atoms with Gasteiger partial charge in [-0.25, -0.2) is 0 Å². The van der Waals surface area contributed by atoms with Crippen molar-refractivity contribution in [3.05, 3.63) is 71.4 Å². The molecular formula is C30H40N6O3. The maximum absolute atomic E-state index is 13.8. The average Bonchev–Trinajstić information content (AvgIpc) is 3.27. The second-order valence-electron chi connectivity index (χ2n) is 10.9. The Morgan fingerprint density at radius 1 is 1.08 bits per heavy atom.